The molecule has 0 radical (unpaired) electrons. The lowest BCUT2D eigenvalue weighted by atomic mass is 10.0. The van der Waals surface area contributed by atoms with Gasteiger partial charge in [0.15, 0.2) is 29.8 Å². The third kappa shape index (κ3) is 6.50. The van der Waals surface area contributed by atoms with E-state index in [1.54, 1.807) is 16.4 Å². The zero-order valence-electron chi connectivity index (χ0n) is 24.8. The number of aromatic nitrogens is 2. The lowest BCUT2D eigenvalue weighted by molar-refractivity contribution is -0.698. The standard InChI is InChI=1S/C30H33N7O7S2/c31-30-32-21(16-46-30)22(34-44-20-3-1-2-4-20)25(39)33-23-27(41)37-24(29(42)43)19(15-45-28(23)37)13-18-7-10-36(26(18)40)14-17-5-8-35(9-6-17)11-12-38/h5-6,8-9,13,16,20,23,28,38H,1-4,7,10-12,14-15H2,(H3-,31,32,33,39,42,43)/t23-,28-/m1/s1. The molecule has 2 atom stereocenters. The van der Waals surface area contributed by atoms with Crippen LogP contribution in [0, 0.1) is 0 Å². The molecule has 4 N–H and O–H groups in total. The summed E-state index contributed by atoms with van der Waals surface area (Å²) in [5.41, 5.74) is 7.25. The number of nitrogens with zero attached hydrogens (tertiary/aromatic N) is 5. The first-order chi connectivity index (χ1) is 22.2. The highest BCUT2D eigenvalue weighted by molar-refractivity contribution is 8.00. The Hall–Kier alpha value is -4.28. The van der Waals surface area contributed by atoms with Gasteiger partial charge in [-0.2, -0.15) is 0 Å². The molecule has 1 aliphatic carbocycles. The van der Waals surface area contributed by atoms with Gasteiger partial charge < -0.3 is 35.8 Å². The molecule has 2 saturated heterocycles. The number of hydrogen-bond acceptors (Lipinski definition) is 12. The summed E-state index contributed by atoms with van der Waals surface area (Å²) in [7, 11) is 0. The minimum absolute atomic E-state index is 0.0264. The molecular weight excluding hydrogens is 635 g/mol. The van der Waals surface area contributed by atoms with Crippen LogP contribution in [0.1, 0.15) is 43.4 Å². The summed E-state index contributed by atoms with van der Waals surface area (Å²) < 4.78 is 1.84. The summed E-state index contributed by atoms with van der Waals surface area (Å²) in [4.78, 5) is 64.7. The highest BCUT2D eigenvalue weighted by Gasteiger charge is 2.53. The average molecular weight is 668 g/mol. The van der Waals surface area contributed by atoms with Gasteiger partial charge in [0.1, 0.15) is 29.8 Å². The predicted molar refractivity (Wildman–Crippen MR) is 165 cm³/mol. The molecule has 4 aliphatic rings. The van der Waals surface area contributed by atoms with Crippen LogP contribution in [0.2, 0.25) is 0 Å². The number of oxime groups is 1. The van der Waals surface area contributed by atoms with Crippen LogP contribution in [-0.4, -0.2) is 85.7 Å². The van der Waals surface area contributed by atoms with Gasteiger partial charge in [-0.05, 0) is 49.3 Å². The van der Waals surface area contributed by atoms with Gasteiger partial charge in [0, 0.05) is 41.9 Å². The summed E-state index contributed by atoms with van der Waals surface area (Å²) in [6, 6.07) is 2.75. The van der Waals surface area contributed by atoms with E-state index in [-0.39, 0.29) is 46.6 Å². The van der Waals surface area contributed by atoms with Crippen LogP contribution in [0.25, 0.3) is 0 Å². The predicted octanol–water partition coefficient (Wildman–Crippen LogP) is -0.569. The summed E-state index contributed by atoms with van der Waals surface area (Å²) in [6.07, 6.45) is 9.20. The van der Waals surface area contributed by atoms with Crippen molar-refractivity contribution in [2.75, 3.05) is 24.6 Å². The average Bonchev–Trinajstić information content (AvgIpc) is 3.80. The molecule has 16 heteroatoms. The number of nitrogens with two attached hydrogens (primary N) is 1. The zero-order valence-corrected chi connectivity index (χ0v) is 26.4. The van der Waals surface area contributed by atoms with Gasteiger partial charge in [-0.25, -0.2) is 9.55 Å². The number of carbonyl (C=O) groups excluding carboxylic acids is 4. The molecule has 0 unspecified atom stereocenters. The number of fused-ring (bicyclic) bond motifs is 1. The van der Waals surface area contributed by atoms with Crippen LogP contribution < -0.4 is 20.7 Å². The molecule has 0 spiro atoms. The largest absolute Gasteiger partial charge is 0.543 e. The van der Waals surface area contributed by atoms with Crippen molar-refractivity contribution in [3.8, 4) is 0 Å². The molecule has 5 heterocycles. The fourth-order valence-electron chi connectivity index (χ4n) is 5.92. The van der Waals surface area contributed by atoms with Crippen molar-refractivity contribution in [1.29, 1.82) is 0 Å². The van der Waals surface area contributed by atoms with E-state index in [0.717, 1.165) is 47.5 Å². The van der Waals surface area contributed by atoms with Crippen molar-refractivity contribution in [1.82, 2.24) is 20.1 Å². The van der Waals surface area contributed by atoms with Crippen LogP contribution in [-0.2, 0) is 37.1 Å². The highest BCUT2D eigenvalue weighted by Crippen LogP contribution is 2.41. The molecule has 3 fully saturated rings. The topological polar surface area (TPSA) is 194 Å². The summed E-state index contributed by atoms with van der Waals surface area (Å²) in [5, 5.41) is 29.3. The van der Waals surface area contributed by atoms with Crippen LogP contribution in [0.3, 0.4) is 0 Å². The van der Waals surface area contributed by atoms with Crippen molar-refractivity contribution in [3.63, 3.8) is 0 Å². The first-order valence-corrected chi connectivity index (χ1v) is 16.9. The van der Waals surface area contributed by atoms with Crippen LogP contribution >= 0.6 is 23.1 Å². The minimum atomic E-state index is -1.54. The number of thioether (sulfide) groups is 1. The first-order valence-electron chi connectivity index (χ1n) is 15.0. The minimum Gasteiger partial charge on any atom is -0.543 e. The fourth-order valence-corrected chi connectivity index (χ4v) is 7.77. The molecule has 14 nitrogen and oxygen atoms in total. The number of aliphatic hydroxyl groups is 1. The van der Waals surface area contributed by atoms with E-state index in [0.29, 0.717) is 37.2 Å². The number of amides is 3. The maximum atomic E-state index is 13.4. The number of pyridine rings is 1. The van der Waals surface area contributed by atoms with Crippen LogP contribution in [0.4, 0.5) is 5.13 Å². The normalized spacial score (nSPS) is 22.8. The summed E-state index contributed by atoms with van der Waals surface area (Å²) >= 11 is 2.42. The number of thiazole rings is 1. The molecule has 3 aliphatic heterocycles. The van der Waals surface area contributed by atoms with Crippen LogP contribution in [0.15, 0.2) is 58.0 Å². The molecular formula is C30H33N7O7S2. The number of aliphatic hydroxyl groups excluding tert-OH is 1. The Kier molecular flexibility index (Phi) is 9.37. The van der Waals surface area contributed by atoms with Crippen molar-refractivity contribution in [2.24, 2.45) is 5.16 Å². The van der Waals surface area contributed by atoms with Crippen molar-refractivity contribution in [2.45, 2.75) is 62.7 Å². The molecule has 6 rings (SSSR count). The van der Waals surface area contributed by atoms with Gasteiger partial charge in [0.25, 0.3) is 11.8 Å². The summed E-state index contributed by atoms with van der Waals surface area (Å²) in [5.74, 6) is -2.86. The zero-order chi connectivity index (χ0) is 32.4. The number of nitrogen functional groups attached to an aromatic ring is 1. The summed E-state index contributed by atoms with van der Waals surface area (Å²) in [6.45, 7) is 1.36. The van der Waals surface area contributed by atoms with Crippen molar-refractivity contribution in [3.05, 3.63) is 64.1 Å². The number of hydrogen-bond donors (Lipinski definition) is 3. The van der Waals surface area contributed by atoms with Gasteiger partial charge in [-0.15, -0.1) is 23.1 Å². The van der Waals surface area contributed by atoms with Gasteiger partial charge in [0.2, 0.25) is 5.91 Å². The molecule has 2 aromatic heterocycles. The third-order valence-electron chi connectivity index (χ3n) is 8.31. The van der Waals surface area contributed by atoms with E-state index in [1.165, 1.54) is 11.8 Å². The van der Waals surface area contributed by atoms with Gasteiger partial charge in [0.05, 0.1) is 11.7 Å². The Labute approximate surface area is 272 Å². The van der Waals surface area contributed by atoms with E-state index in [9.17, 15) is 24.3 Å². The van der Waals surface area contributed by atoms with Gasteiger partial charge in [-0.1, -0.05) is 5.16 Å². The Morgan fingerprint density at radius 3 is 2.70 bits per heavy atom. The molecule has 3 amide bonds. The van der Waals surface area contributed by atoms with Crippen molar-refractivity contribution >= 4 is 57.6 Å². The molecule has 2 aromatic rings. The van der Waals surface area contributed by atoms with E-state index in [2.05, 4.69) is 15.5 Å². The monoisotopic (exact) mass is 667 g/mol. The first kappa shape index (κ1) is 31.7. The van der Waals surface area contributed by atoms with Gasteiger partial charge >= 0.3 is 0 Å². The third-order valence-corrected chi connectivity index (χ3v) is 10.3. The Morgan fingerprint density at radius 1 is 1.26 bits per heavy atom. The van der Waals surface area contributed by atoms with E-state index >= 15 is 0 Å². The number of nitrogens with one attached hydrogen (secondary N) is 1. The lowest BCUT2D eigenvalue weighted by Crippen LogP contribution is -2.71. The number of carboxylic acids is 1. The number of β-lactam (4-membered cyclic amide) rings is 1. The quantitative estimate of drug-likeness (QED) is 0.0919. The number of rotatable bonds is 11. The number of anilines is 1. The number of allylic oxidation sites excluding steroid dienone is 1. The molecule has 0 bridgehead atoms. The SMILES string of the molecule is Nc1nc(C(=NOC2CCCC2)C(=O)N[C@@H]2C(=O)N3C(C(=O)[O-])=C(C=C4CCN(Cc5cc[n+](CCO)cc5)C4=O)CS[C@H]23)cs1. The fraction of sp³-hybridized carbons (Fsp3) is 0.433. The van der Waals surface area contributed by atoms with Crippen LogP contribution in [0.5, 0.6) is 0 Å². The van der Waals surface area contributed by atoms with Gasteiger partial charge in [-0.3, -0.25) is 19.3 Å². The Balaban J connectivity index is 1.15. The maximum Gasteiger partial charge on any atom is 0.276 e. The number of likely N-dealkylation sites (tertiary alicyclic amines) is 1. The van der Waals surface area contributed by atoms with E-state index in [1.807, 2.05) is 29.1 Å². The Bertz CT molecular complexity index is 1630. The second-order valence-corrected chi connectivity index (χ2v) is 13.4. The highest BCUT2D eigenvalue weighted by atomic mass is 32.2. The number of aliphatic carboxylic acids is 1. The van der Waals surface area contributed by atoms with E-state index < -0.39 is 29.2 Å². The lowest BCUT2D eigenvalue weighted by Gasteiger charge is -2.50. The molecule has 1 saturated carbocycles. The second kappa shape index (κ2) is 13.6. The van der Waals surface area contributed by atoms with E-state index in [4.69, 9.17) is 15.7 Å². The number of carbonyl (C=O) groups is 4. The molecule has 242 valence electrons. The molecule has 0 aromatic carbocycles. The smallest absolute Gasteiger partial charge is 0.276 e. The number of carboxylic acid groups (broad SMARTS) is 1. The maximum absolute atomic E-state index is 13.4. The van der Waals surface area contributed by atoms with Crippen molar-refractivity contribution < 1.29 is 38.8 Å². The molecule has 46 heavy (non-hydrogen) atoms. The second-order valence-electron chi connectivity index (χ2n) is 11.4. The Morgan fingerprint density at radius 2 is 2.02 bits per heavy atom.